The number of hydrogen-bond donors (Lipinski definition) is 1. The first-order chi connectivity index (χ1) is 10.3. The Bertz CT molecular complexity index is 762. The van der Waals surface area contributed by atoms with E-state index >= 15 is 0 Å². The Hall–Kier alpha value is -2.20. The van der Waals surface area contributed by atoms with Crippen molar-refractivity contribution in [3.05, 3.63) is 60.8 Å². The Balaban J connectivity index is 1.71. The van der Waals surface area contributed by atoms with Crippen molar-refractivity contribution in [3.63, 3.8) is 0 Å². The molecule has 0 aliphatic carbocycles. The third-order valence-electron chi connectivity index (χ3n) is 3.37. The van der Waals surface area contributed by atoms with E-state index in [0.29, 0.717) is 6.54 Å². The first-order valence-electron chi connectivity index (χ1n) is 6.74. The molecule has 0 aliphatic rings. The Kier molecular flexibility index (Phi) is 3.97. The van der Waals surface area contributed by atoms with Gasteiger partial charge in [-0.25, -0.2) is 0 Å². The van der Waals surface area contributed by atoms with Crippen molar-refractivity contribution in [2.75, 3.05) is 11.6 Å². The summed E-state index contributed by atoms with van der Waals surface area (Å²) >= 11 is 1.68. The van der Waals surface area contributed by atoms with Gasteiger partial charge in [0.15, 0.2) is 0 Å². The standard InChI is InChI=1S/C17H16N2OS/c1-21-15-8-6-14(7-9-15)18-17(20)12-19-11-10-13-4-2-3-5-16(13)19/h2-11H,12H2,1H3,(H,18,20). The van der Waals surface area contributed by atoms with Gasteiger partial charge in [0.25, 0.3) is 0 Å². The number of fused-ring (bicyclic) bond motifs is 1. The molecule has 0 radical (unpaired) electrons. The van der Waals surface area contributed by atoms with Gasteiger partial charge in [0, 0.05) is 22.3 Å². The first kappa shape index (κ1) is 13.8. The van der Waals surface area contributed by atoms with Gasteiger partial charge in [-0.05, 0) is 48.0 Å². The summed E-state index contributed by atoms with van der Waals surface area (Å²) in [5.74, 6) is -0.0201. The van der Waals surface area contributed by atoms with E-state index in [4.69, 9.17) is 0 Å². The summed E-state index contributed by atoms with van der Waals surface area (Å²) in [7, 11) is 0. The van der Waals surface area contributed by atoms with Gasteiger partial charge >= 0.3 is 0 Å². The number of aromatic nitrogens is 1. The summed E-state index contributed by atoms with van der Waals surface area (Å²) in [5.41, 5.74) is 1.90. The molecule has 1 aromatic heterocycles. The summed E-state index contributed by atoms with van der Waals surface area (Å²) in [6.45, 7) is 0.317. The van der Waals surface area contributed by atoms with E-state index in [-0.39, 0.29) is 5.91 Å². The van der Waals surface area contributed by atoms with Gasteiger partial charge < -0.3 is 9.88 Å². The summed E-state index contributed by atoms with van der Waals surface area (Å²) in [6, 6.07) is 17.9. The number of nitrogens with zero attached hydrogens (tertiary/aromatic N) is 1. The van der Waals surface area contributed by atoms with Crippen LogP contribution in [-0.2, 0) is 11.3 Å². The largest absolute Gasteiger partial charge is 0.338 e. The van der Waals surface area contributed by atoms with Crippen LogP contribution in [0.4, 0.5) is 5.69 Å². The number of carbonyl (C=O) groups excluding carboxylic acids is 1. The first-order valence-corrected chi connectivity index (χ1v) is 7.96. The molecule has 0 bridgehead atoms. The smallest absolute Gasteiger partial charge is 0.244 e. The fourth-order valence-electron chi connectivity index (χ4n) is 2.31. The molecule has 1 heterocycles. The summed E-state index contributed by atoms with van der Waals surface area (Å²) < 4.78 is 1.96. The second-order valence-electron chi connectivity index (χ2n) is 4.78. The van der Waals surface area contributed by atoms with Crippen molar-refractivity contribution in [2.24, 2.45) is 0 Å². The highest BCUT2D eigenvalue weighted by Gasteiger charge is 2.06. The minimum atomic E-state index is -0.0201. The zero-order valence-electron chi connectivity index (χ0n) is 11.7. The molecule has 1 N–H and O–H groups in total. The fraction of sp³-hybridized carbons (Fsp3) is 0.118. The maximum Gasteiger partial charge on any atom is 0.244 e. The number of thioether (sulfide) groups is 1. The van der Waals surface area contributed by atoms with Crippen LogP contribution in [0.15, 0.2) is 65.7 Å². The van der Waals surface area contributed by atoms with Gasteiger partial charge in [-0.2, -0.15) is 0 Å². The molecule has 21 heavy (non-hydrogen) atoms. The maximum atomic E-state index is 12.1. The van der Waals surface area contributed by atoms with Crippen LogP contribution in [0.1, 0.15) is 0 Å². The third-order valence-corrected chi connectivity index (χ3v) is 4.11. The second-order valence-corrected chi connectivity index (χ2v) is 5.66. The number of benzene rings is 2. The lowest BCUT2D eigenvalue weighted by atomic mass is 10.2. The fourth-order valence-corrected chi connectivity index (χ4v) is 2.72. The van der Waals surface area contributed by atoms with Crippen molar-refractivity contribution in [3.8, 4) is 0 Å². The maximum absolute atomic E-state index is 12.1. The molecule has 0 saturated heterocycles. The Morgan fingerprint density at radius 3 is 2.62 bits per heavy atom. The number of hydrogen-bond acceptors (Lipinski definition) is 2. The number of nitrogens with one attached hydrogen (secondary N) is 1. The molecule has 3 nitrogen and oxygen atoms in total. The SMILES string of the molecule is CSc1ccc(NC(=O)Cn2ccc3ccccc32)cc1. The molecule has 2 aromatic carbocycles. The van der Waals surface area contributed by atoms with Gasteiger partial charge in [-0.3, -0.25) is 4.79 Å². The van der Waals surface area contributed by atoms with E-state index in [9.17, 15) is 4.79 Å². The lowest BCUT2D eigenvalue weighted by Gasteiger charge is -2.08. The Morgan fingerprint density at radius 1 is 1.10 bits per heavy atom. The van der Waals surface area contributed by atoms with Crippen molar-refractivity contribution in [1.82, 2.24) is 4.57 Å². The average molecular weight is 296 g/mol. The molecule has 3 rings (SSSR count). The third kappa shape index (κ3) is 3.11. The lowest BCUT2D eigenvalue weighted by molar-refractivity contribution is -0.116. The summed E-state index contributed by atoms with van der Waals surface area (Å²) in [4.78, 5) is 13.3. The van der Waals surface area contributed by atoms with Gasteiger partial charge in [-0.15, -0.1) is 11.8 Å². The van der Waals surface area contributed by atoms with E-state index in [1.165, 1.54) is 4.90 Å². The number of rotatable bonds is 4. The molecule has 106 valence electrons. The highest BCUT2D eigenvalue weighted by atomic mass is 32.2. The molecule has 0 aliphatic heterocycles. The van der Waals surface area contributed by atoms with Crippen LogP contribution in [0.25, 0.3) is 10.9 Å². The van der Waals surface area contributed by atoms with Crippen LogP contribution in [0.5, 0.6) is 0 Å². The highest BCUT2D eigenvalue weighted by molar-refractivity contribution is 7.98. The molecule has 0 fully saturated rings. The van der Waals surface area contributed by atoms with E-state index in [0.717, 1.165) is 16.6 Å². The predicted octanol–water partition coefficient (Wildman–Crippen LogP) is 4.00. The topological polar surface area (TPSA) is 34.0 Å². The quantitative estimate of drug-likeness (QED) is 0.738. The van der Waals surface area contributed by atoms with Crippen LogP contribution < -0.4 is 5.32 Å². The molecule has 4 heteroatoms. The molecule has 0 spiro atoms. The van der Waals surface area contributed by atoms with Crippen LogP contribution in [0.3, 0.4) is 0 Å². The van der Waals surface area contributed by atoms with E-state index in [1.807, 2.05) is 71.6 Å². The normalized spacial score (nSPS) is 10.7. The van der Waals surface area contributed by atoms with Gasteiger partial charge in [-0.1, -0.05) is 18.2 Å². The molecular formula is C17H16N2OS. The van der Waals surface area contributed by atoms with Crippen molar-refractivity contribution in [1.29, 1.82) is 0 Å². The predicted molar refractivity (Wildman–Crippen MR) is 88.8 cm³/mol. The van der Waals surface area contributed by atoms with Gasteiger partial charge in [0.05, 0.1) is 0 Å². The van der Waals surface area contributed by atoms with E-state index < -0.39 is 0 Å². The molecule has 0 saturated carbocycles. The molecule has 0 atom stereocenters. The zero-order chi connectivity index (χ0) is 14.7. The molecule has 3 aromatic rings. The molecule has 1 amide bonds. The van der Waals surface area contributed by atoms with Crippen LogP contribution >= 0.6 is 11.8 Å². The number of anilines is 1. The Labute approximate surface area is 128 Å². The monoisotopic (exact) mass is 296 g/mol. The van der Waals surface area contributed by atoms with Crippen LogP contribution in [-0.4, -0.2) is 16.7 Å². The second kappa shape index (κ2) is 6.06. The number of para-hydroxylation sites is 1. The number of carbonyl (C=O) groups is 1. The van der Waals surface area contributed by atoms with E-state index in [1.54, 1.807) is 11.8 Å². The van der Waals surface area contributed by atoms with Gasteiger partial charge in [0.2, 0.25) is 5.91 Å². The van der Waals surface area contributed by atoms with Gasteiger partial charge in [0.1, 0.15) is 6.54 Å². The molecular weight excluding hydrogens is 280 g/mol. The number of amides is 1. The average Bonchev–Trinajstić information content (AvgIpc) is 2.91. The lowest BCUT2D eigenvalue weighted by Crippen LogP contribution is -2.18. The van der Waals surface area contributed by atoms with Crippen LogP contribution in [0.2, 0.25) is 0 Å². The Morgan fingerprint density at radius 2 is 1.86 bits per heavy atom. The van der Waals surface area contributed by atoms with Crippen molar-refractivity contribution in [2.45, 2.75) is 11.4 Å². The highest BCUT2D eigenvalue weighted by Crippen LogP contribution is 2.18. The molecule has 0 unspecified atom stereocenters. The van der Waals surface area contributed by atoms with E-state index in [2.05, 4.69) is 5.32 Å². The zero-order valence-corrected chi connectivity index (χ0v) is 12.6. The summed E-state index contributed by atoms with van der Waals surface area (Å²) in [5, 5.41) is 4.07. The van der Waals surface area contributed by atoms with Crippen molar-refractivity contribution >= 4 is 34.3 Å². The van der Waals surface area contributed by atoms with Crippen LogP contribution in [0, 0.1) is 0 Å². The van der Waals surface area contributed by atoms with Crippen molar-refractivity contribution < 1.29 is 4.79 Å². The minimum absolute atomic E-state index is 0.0201. The minimum Gasteiger partial charge on any atom is -0.338 e. The summed E-state index contributed by atoms with van der Waals surface area (Å²) in [6.07, 6.45) is 3.98.